The Labute approximate surface area is 99.3 Å². The molecular weight excluding hydrogens is 194 g/mol. The zero-order valence-electron chi connectivity index (χ0n) is 11.1. The lowest BCUT2D eigenvalue weighted by Crippen LogP contribution is -2.54. The summed E-state index contributed by atoms with van der Waals surface area (Å²) in [6, 6.07) is 7.53. The van der Waals surface area contributed by atoms with Crippen molar-refractivity contribution in [1.29, 1.82) is 0 Å². The molecule has 1 heteroatoms. The van der Waals surface area contributed by atoms with E-state index in [9.17, 15) is 0 Å². The number of hydrogen-bond acceptors (Lipinski definition) is 1. The molecule has 1 saturated carbocycles. The summed E-state index contributed by atoms with van der Waals surface area (Å²) in [4.78, 5) is 0. The van der Waals surface area contributed by atoms with Gasteiger partial charge in [-0.15, -0.1) is 0 Å². The van der Waals surface area contributed by atoms with E-state index < -0.39 is 0 Å². The summed E-state index contributed by atoms with van der Waals surface area (Å²) in [6.07, 6.45) is 1.27. The van der Waals surface area contributed by atoms with Gasteiger partial charge >= 0.3 is 0 Å². The first-order valence-electron chi connectivity index (χ1n) is 6.21. The highest BCUT2D eigenvalue weighted by molar-refractivity contribution is 5.36. The molecule has 0 bridgehead atoms. The van der Waals surface area contributed by atoms with Gasteiger partial charge in [0.1, 0.15) is 0 Å². The van der Waals surface area contributed by atoms with Crippen molar-refractivity contribution >= 4 is 0 Å². The van der Waals surface area contributed by atoms with Gasteiger partial charge in [-0.2, -0.15) is 0 Å². The van der Waals surface area contributed by atoms with Crippen LogP contribution in [0.15, 0.2) is 18.2 Å². The predicted octanol–water partition coefficient (Wildman–Crippen LogP) is 3.40. The lowest BCUT2D eigenvalue weighted by Gasteiger charge is -2.53. The van der Waals surface area contributed by atoms with Crippen LogP contribution in [-0.4, -0.2) is 13.1 Å². The van der Waals surface area contributed by atoms with Crippen molar-refractivity contribution in [3.05, 3.63) is 34.9 Å². The molecule has 0 amide bonds. The van der Waals surface area contributed by atoms with Gasteiger partial charge in [-0.3, -0.25) is 0 Å². The summed E-state index contributed by atoms with van der Waals surface area (Å²) in [7, 11) is 2.07. The van der Waals surface area contributed by atoms with Crippen molar-refractivity contribution in [2.75, 3.05) is 7.05 Å². The minimum Gasteiger partial charge on any atom is -0.316 e. The summed E-state index contributed by atoms with van der Waals surface area (Å²) in [5.74, 6) is 0.713. The Balaban J connectivity index is 2.27. The lowest BCUT2D eigenvalue weighted by molar-refractivity contribution is 0.0747. The third-order valence-electron chi connectivity index (χ3n) is 4.42. The fourth-order valence-corrected chi connectivity index (χ4v) is 3.16. The Morgan fingerprint density at radius 3 is 2.44 bits per heavy atom. The summed E-state index contributed by atoms with van der Waals surface area (Å²) in [5.41, 5.74) is 4.74. The molecule has 2 rings (SSSR count). The molecule has 0 saturated heterocycles. The Morgan fingerprint density at radius 1 is 1.25 bits per heavy atom. The zero-order chi connectivity index (χ0) is 11.9. The van der Waals surface area contributed by atoms with E-state index >= 15 is 0 Å². The minimum atomic E-state index is 0.384. The fourth-order valence-electron chi connectivity index (χ4n) is 3.16. The van der Waals surface area contributed by atoms with Crippen LogP contribution in [0, 0.1) is 19.3 Å². The van der Waals surface area contributed by atoms with Crippen LogP contribution in [-0.2, 0) is 0 Å². The van der Waals surface area contributed by atoms with E-state index in [0.29, 0.717) is 17.4 Å². The summed E-state index contributed by atoms with van der Waals surface area (Å²) in [5, 5.41) is 3.42. The van der Waals surface area contributed by atoms with Gasteiger partial charge in [0.05, 0.1) is 0 Å². The smallest absolute Gasteiger partial charge is 0.0127 e. The molecule has 2 unspecified atom stereocenters. The van der Waals surface area contributed by atoms with Gasteiger partial charge in [0.2, 0.25) is 0 Å². The quantitative estimate of drug-likeness (QED) is 0.800. The normalized spacial score (nSPS) is 27.6. The molecule has 0 spiro atoms. The van der Waals surface area contributed by atoms with Crippen LogP contribution in [0.2, 0.25) is 0 Å². The van der Waals surface area contributed by atoms with Crippen LogP contribution < -0.4 is 5.32 Å². The van der Waals surface area contributed by atoms with Crippen LogP contribution in [0.25, 0.3) is 0 Å². The van der Waals surface area contributed by atoms with Crippen LogP contribution in [0.4, 0.5) is 0 Å². The topological polar surface area (TPSA) is 12.0 Å². The molecule has 1 aliphatic rings. The van der Waals surface area contributed by atoms with Crippen molar-refractivity contribution in [2.45, 2.75) is 46.1 Å². The Morgan fingerprint density at radius 2 is 1.94 bits per heavy atom. The molecular formula is C15H23N. The highest BCUT2D eigenvalue weighted by Gasteiger charge is 2.48. The molecule has 1 aromatic carbocycles. The van der Waals surface area contributed by atoms with Crippen molar-refractivity contribution in [1.82, 2.24) is 5.32 Å². The van der Waals surface area contributed by atoms with Crippen LogP contribution >= 0.6 is 0 Å². The second kappa shape index (κ2) is 3.89. The van der Waals surface area contributed by atoms with Gasteiger partial charge in [0.15, 0.2) is 0 Å². The molecule has 0 aromatic heterocycles. The maximum absolute atomic E-state index is 3.42. The second-order valence-electron chi connectivity index (χ2n) is 5.81. The third-order valence-corrected chi connectivity index (χ3v) is 4.42. The van der Waals surface area contributed by atoms with Crippen LogP contribution in [0.1, 0.15) is 42.9 Å². The van der Waals surface area contributed by atoms with E-state index in [1.54, 1.807) is 5.56 Å². The van der Waals surface area contributed by atoms with Crippen molar-refractivity contribution in [3.8, 4) is 0 Å². The highest BCUT2D eigenvalue weighted by Crippen LogP contribution is 2.52. The molecule has 2 atom stereocenters. The van der Waals surface area contributed by atoms with E-state index in [0.717, 1.165) is 0 Å². The van der Waals surface area contributed by atoms with E-state index in [1.165, 1.54) is 17.5 Å². The number of nitrogens with one attached hydrogen (secondary N) is 1. The van der Waals surface area contributed by atoms with Crippen molar-refractivity contribution in [3.63, 3.8) is 0 Å². The average molecular weight is 217 g/mol. The maximum Gasteiger partial charge on any atom is 0.0127 e. The SMILES string of the molecule is CNC1CC(c2ccc(C)cc2C)C1(C)C. The molecule has 0 aliphatic heterocycles. The molecule has 0 radical (unpaired) electrons. The monoisotopic (exact) mass is 217 g/mol. The Hall–Kier alpha value is -0.820. The van der Waals surface area contributed by atoms with E-state index in [1.807, 2.05) is 0 Å². The highest BCUT2D eigenvalue weighted by atomic mass is 14.9. The standard InChI is InChI=1S/C15H23N/c1-10-6-7-12(11(2)8-10)13-9-14(16-5)15(13,3)4/h6-8,13-14,16H,9H2,1-5H3. The first-order chi connectivity index (χ1) is 7.46. The van der Waals surface area contributed by atoms with E-state index in [2.05, 4.69) is 58.3 Å². The molecule has 1 fully saturated rings. The fraction of sp³-hybridized carbons (Fsp3) is 0.600. The van der Waals surface area contributed by atoms with Crippen molar-refractivity contribution < 1.29 is 0 Å². The first-order valence-corrected chi connectivity index (χ1v) is 6.21. The largest absolute Gasteiger partial charge is 0.316 e. The van der Waals surface area contributed by atoms with Gasteiger partial charge in [-0.1, -0.05) is 37.6 Å². The summed E-state index contributed by atoms with van der Waals surface area (Å²) in [6.45, 7) is 9.16. The summed E-state index contributed by atoms with van der Waals surface area (Å²) >= 11 is 0. The van der Waals surface area contributed by atoms with Crippen LogP contribution in [0.5, 0.6) is 0 Å². The predicted molar refractivity (Wildman–Crippen MR) is 69.9 cm³/mol. The van der Waals surface area contributed by atoms with Gasteiger partial charge < -0.3 is 5.32 Å². The lowest BCUT2D eigenvalue weighted by atomic mass is 9.56. The molecule has 1 N–H and O–H groups in total. The van der Waals surface area contributed by atoms with E-state index in [4.69, 9.17) is 0 Å². The van der Waals surface area contributed by atoms with Gasteiger partial charge in [-0.05, 0) is 49.8 Å². The van der Waals surface area contributed by atoms with Gasteiger partial charge in [0.25, 0.3) is 0 Å². The molecule has 1 nitrogen and oxygen atoms in total. The van der Waals surface area contributed by atoms with Crippen LogP contribution in [0.3, 0.4) is 0 Å². The molecule has 88 valence electrons. The minimum absolute atomic E-state index is 0.384. The first kappa shape index (κ1) is 11.7. The second-order valence-corrected chi connectivity index (χ2v) is 5.81. The van der Waals surface area contributed by atoms with E-state index in [-0.39, 0.29) is 0 Å². The third kappa shape index (κ3) is 1.67. The molecule has 1 aromatic rings. The maximum atomic E-state index is 3.42. The number of hydrogen-bond donors (Lipinski definition) is 1. The molecule has 16 heavy (non-hydrogen) atoms. The summed E-state index contributed by atoms with van der Waals surface area (Å²) < 4.78 is 0. The average Bonchev–Trinajstić information content (AvgIpc) is 2.20. The number of aryl methyl sites for hydroxylation is 2. The molecule has 1 aliphatic carbocycles. The Kier molecular flexibility index (Phi) is 2.83. The van der Waals surface area contributed by atoms with Gasteiger partial charge in [0, 0.05) is 6.04 Å². The van der Waals surface area contributed by atoms with Crippen molar-refractivity contribution in [2.24, 2.45) is 5.41 Å². The number of rotatable bonds is 2. The van der Waals surface area contributed by atoms with Gasteiger partial charge in [-0.25, -0.2) is 0 Å². The molecule has 0 heterocycles. The Bertz CT molecular complexity index is 392. The number of benzene rings is 1. The zero-order valence-corrected chi connectivity index (χ0v) is 11.1.